The molecule has 1 aliphatic rings. The predicted molar refractivity (Wildman–Crippen MR) is 149 cm³/mol. The maximum absolute atomic E-state index is 5.94. The van der Waals surface area contributed by atoms with Gasteiger partial charge >= 0.3 is 0 Å². The first-order valence-corrected chi connectivity index (χ1v) is 13.0. The molecule has 0 unspecified atom stereocenters. The summed E-state index contributed by atoms with van der Waals surface area (Å²) < 4.78 is 47.1. The Balaban J connectivity index is 1.30. The van der Waals surface area contributed by atoms with Crippen LogP contribution in [0.15, 0.2) is 110 Å². The molecule has 8 nitrogen and oxygen atoms in total. The first kappa shape index (κ1) is 26.6. The van der Waals surface area contributed by atoms with E-state index in [4.69, 9.17) is 37.9 Å². The van der Waals surface area contributed by atoms with E-state index in [-0.39, 0.29) is 0 Å². The zero-order valence-electron chi connectivity index (χ0n) is 21.9. The molecule has 0 fully saturated rings. The fourth-order valence-electron chi connectivity index (χ4n) is 3.82. The van der Waals surface area contributed by atoms with Crippen molar-refractivity contribution in [2.24, 2.45) is 0 Å². The van der Waals surface area contributed by atoms with Crippen LogP contribution in [-0.4, -0.2) is 39.6 Å². The average Bonchev–Trinajstić information content (AvgIpc) is 3.00. The molecule has 0 aliphatic carbocycles. The summed E-state index contributed by atoms with van der Waals surface area (Å²) in [4.78, 5) is 0. The number of para-hydroxylation sites is 8. The summed E-state index contributed by atoms with van der Waals surface area (Å²) in [7, 11) is 0. The number of rotatable bonds is 0. The molecule has 0 amide bonds. The molecule has 4 aromatic rings. The lowest BCUT2D eigenvalue weighted by atomic mass is 10.3. The van der Waals surface area contributed by atoms with E-state index in [0.29, 0.717) is 85.6 Å². The van der Waals surface area contributed by atoms with Crippen LogP contribution in [0.25, 0.3) is 0 Å². The minimum atomic E-state index is 0.305. The molecule has 0 saturated carbocycles. The summed E-state index contributed by atoms with van der Waals surface area (Å²) in [6.45, 7) is 1.88. The molecule has 40 heavy (non-hydrogen) atoms. The summed E-state index contributed by atoms with van der Waals surface area (Å²) in [5.74, 6) is 4.73. The van der Waals surface area contributed by atoms with E-state index in [0.717, 1.165) is 0 Å². The van der Waals surface area contributed by atoms with Crippen LogP contribution in [0.4, 0.5) is 0 Å². The molecule has 0 N–H and O–H groups in total. The van der Waals surface area contributed by atoms with Crippen LogP contribution in [0.2, 0.25) is 0 Å². The summed E-state index contributed by atoms with van der Waals surface area (Å²) in [5.41, 5.74) is 0. The topological polar surface area (TPSA) is 73.8 Å². The van der Waals surface area contributed by atoms with Gasteiger partial charge in [0, 0.05) is 0 Å². The third kappa shape index (κ3) is 7.54. The van der Waals surface area contributed by atoms with E-state index in [1.54, 1.807) is 0 Å². The molecule has 1 aliphatic heterocycles. The van der Waals surface area contributed by atoms with Crippen molar-refractivity contribution in [1.82, 2.24) is 0 Å². The SMILES string of the molecule is C1=C\Oc2ccccc2OCCOc2ccccc2OCCOc2ccccc2OCCOc2ccccc2O/1. The molecule has 0 spiro atoms. The van der Waals surface area contributed by atoms with Crippen LogP contribution in [0.5, 0.6) is 46.0 Å². The van der Waals surface area contributed by atoms with E-state index in [2.05, 4.69) is 0 Å². The van der Waals surface area contributed by atoms with Gasteiger partial charge in [0.2, 0.25) is 0 Å². The van der Waals surface area contributed by atoms with E-state index in [9.17, 15) is 0 Å². The van der Waals surface area contributed by atoms with E-state index < -0.39 is 0 Å². The van der Waals surface area contributed by atoms with Gasteiger partial charge in [0.15, 0.2) is 46.0 Å². The molecule has 0 aromatic heterocycles. The van der Waals surface area contributed by atoms with Gasteiger partial charge < -0.3 is 37.9 Å². The number of fused-ring (bicyclic) bond motifs is 4. The number of hydrogen-bond donors (Lipinski definition) is 0. The molecule has 4 aromatic carbocycles. The van der Waals surface area contributed by atoms with Gasteiger partial charge in [-0.2, -0.15) is 0 Å². The van der Waals surface area contributed by atoms with Gasteiger partial charge in [0.1, 0.15) is 52.2 Å². The van der Waals surface area contributed by atoms with Gasteiger partial charge in [-0.25, -0.2) is 0 Å². The highest BCUT2D eigenvalue weighted by Crippen LogP contribution is 2.30. The Hall–Kier alpha value is -4.98. The van der Waals surface area contributed by atoms with E-state index >= 15 is 0 Å². The van der Waals surface area contributed by atoms with Crippen molar-refractivity contribution in [3.63, 3.8) is 0 Å². The zero-order chi connectivity index (χ0) is 27.2. The smallest absolute Gasteiger partial charge is 0.168 e. The molecule has 1 heterocycles. The molecular formula is C32H30O8. The molecule has 0 saturated heterocycles. The lowest BCUT2D eigenvalue weighted by Crippen LogP contribution is -2.13. The zero-order valence-corrected chi connectivity index (χ0v) is 21.9. The summed E-state index contributed by atoms with van der Waals surface area (Å²) in [6.07, 6.45) is 2.89. The van der Waals surface area contributed by atoms with Gasteiger partial charge in [-0.15, -0.1) is 0 Å². The highest BCUT2D eigenvalue weighted by atomic mass is 16.6. The second kappa shape index (κ2) is 14.2. The van der Waals surface area contributed by atoms with Crippen LogP contribution in [-0.2, 0) is 0 Å². The Morgan fingerprint density at radius 3 is 0.725 bits per heavy atom. The Kier molecular flexibility index (Phi) is 9.48. The van der Waals surface area contributed by atoms with Crippen molar-refractivity contribution in [2.75, 3.05) is 39.6 Å². The van der Waals surface area contributed by atoms with Crippen LogP contribution in [0.1, 0.15) is 0 Å². The van der Waals surface area contributed by atoms with Gasteiger partial charge in [-0.05, 0) is 48.5 Å². The fourth-order valence-corrected chi connectivity index (χ4v) is 3.82. The number of hydrogen-bond acceptors (Lipinski definition) is 8. The fraction of sp³-hybridized carbons (Fsp3) is 0.188. The normalized spacial score (nSPS) is 15.2. The second-order valence-corrected chi connectivity index (χ2v) is 8.39. The molecule has 0 bridgehead atoms. The molecule has 8 heteroatoms. The van der Waals surface area contributed by atoms with Crippen molar-refractivity contribution in [1.29, 1.82) is 0 Å². The maximum atomic E-state index is 5.94. The Morgan fingerprint density at radius 2 is 0.475 bits per heavy atom. The third-order valence-electron chi connectivity index (χ3n) is 5.64. The standard InChI is InChI=1S/C32H30O8/c1-2-10-26-25(9-1)33-17-18-35-27-11-3-4-12-28(27)37-21-22-39-31-15-7-8-16-32(31)40-24-23-38-30-14-6-5-13-29(30)36-20-19-34-26/h1-18H,19-24H2/b18-17-. The number of ether oxygens (including phenoxy) is 8. The van der Waals surface area contributed by atoms with Crippen LogP contribution in [0.3, 0.4) is 0 Å². The lowest BCUT2D eigenvalue weighted by molar-refractivity contribution is 0.181. The van der Waals surface area contributed by atoms with Gasteiger partial charge in [0.05, 0.1) is 0 Å². The Labute approximate surface area is 233 Å². The van der Waals surface area contributed by atoms with Crippen molar-refractivity contribution >= 4 is 0 Å². The van der Waals surface area contributed by atoms with Crippen molar-refractivity contribution in [3.05, 3.63) is 110 Å². The Morgan fingerprint density at radius 1 is 0.275 bits per heavy atom. The number of benzene rings is 4. The van der Waals surface area contributed by atoms with Crippen LogP contribution in [0, 0.1) is 0 Å². The van der Waals surface area contributed by atoms with Crippen molar-refractivity contribution in [2.45, 2.75) is 0 Å². The van der Waals surface area contributed by atoms with Gasteiger partial charge in [-0.1, -0.05) is 48.5 Å². The van der Waals surface area contributed by atoms with E-state index in [1.165, 1.54) is 12.5 Å². The second-order valence-electron chi connectivity index (χ2n) is 8.39. The maximum Gasteiger partial charge on any atom is 0.168 e. The largest absolute Gasteiger partial charge is 0.486 e. The molecule has 5 rings (SSSR count). The summed E-state index contributed by atoms with van der Waals surface area (Å²) in [5, 5.41) is 0. The first-order chi connectivity index (χ1) is 19.9. The van der Waals surface area contributed by atoms with Crippen molar-refractivity contribution < 1.29 is 37.9 Å². The quantitative estimate of drug-likeness (QED) is 0.256. The highest BCUT2D eigenvalue weighted by molar-refractivity contribution is 5.42. The molecular weight excluding hydrogens is 512 g/mol. The predicted octanol–water partition coefficient (Wildman–Crippen LogP) is 6.30. The third-order valence-corrected chi connectivity index (χ3v) is 5.64. The van der Waals surface area contributed by atoms with Gasteiger partial charge in [0.25, 0.3) is 0 Å². The van der Waals surface area contributed by atoms with Crippen molar-refractivity contribution in [3.8, 4) is 46.0 Å². The van der Waals surface area contributed by atoms with Gasteiger partial charge in [-0.3, -0.25) is 0 Å². The molecule has 0 radical (unpaired) electrons. The monoisotopic (exact) mass is 542 g/mol. The van der Waals surface area contributed by atoms with Crippen LogP contribution < -0.4 is 37.9 Å². The molecule has 206 valence electrons. The summed E-state index contributed by atoms with van der Waals surface area (Å²) >= 11 is 0. The Bertz CT molecular complexity index is 1280. The highest BCUT2D eigenvalue weighted by Gasteiger charge is 2.09. The minimum Gasteiger partial charge on any atom is -0.486 e. The van der Waals surface area contributed by atoms with Crippen LogP contribution >= 0.6 is 0 Å². The molecule has 0 atom stereocenters. The lowest BCUT2D eigenvalue weighted by Gasteiger charge is -2.16. The minimum absolute atomic E-state index is 0.305. The first-order valence-electron chi connectivity index (χ1n) is 13.0. The summed E-state index contributed by atoms with van der Waals surface area (Å²) in [6, 6.07) is 29.7. The average molecular weight is 543 g/mol. The van der Waals surface area contributed by atoms with E-state index in [1.807, 2.05) is 97.1 Å².